The van der Waals surface area contributed by atoms with E-state index in [1.807, 2.05) is 0 Å². The van der Waals surface area contributed by atoms with Crippen molar-refractivity contribution in [1.29, 1.82) is 0 Å². The summed E-state index contributed by atoms with van der Waals surface area (Å²) in [5.41, 5.74) is 9.26. The molecule has 7 heteroatoms. The zero-order valence-corrected chi connectivity index (χ0v) is 32.1. The number of nitrogens with zero attached hydrogens (tertiary/aromatic N) is 6. The van der Waals surface area contributed by atoms with Gasteiger partial charge in [-0.2, -0.15) is 42.3 Å². The summed E-state index contributed by atoms with van der Waals surface area (Å²) in [6.07, 6.45) is 0. The largest absolute Gasteiger partial charge is 4.00 e. The molecule has 1 aromatic heterocycles. The summed E-state index contributed by atoms with van der Waals surface area (Å²) in [4.78, 5) is 5.28. The van der Waals surface area contributed by atoms with Crippen LogP contribution in [-0.4, -0.2) is 51.8 Å². The molecule has 0 bridgehead atoms. The number of hydrogen-bond acceptors (Lipinski definition) is 1. The van der Waals surface area contributed by atoms with Crippen LogP contribution < -0.4 is 0 Å². The molecule has 0 N–H and O–H groups in total. The summed E-state index contributed by atoms with van der Waals surface area (Å²) in [5.74, 6) is 1.71. The Morgan fingerprint density at radius 1 is 0.587 bits per heavy atom. The zero-order valence-electron chi connectivity index (χ0n) is 29.7. The maximum Gasteiger partial charge on any atom is 4.00 e. The van der Waals surface area contributed by atoms with Crippen LogP contribution in [0.25, 0.3) is 43.4 Å². The van der Waals surface area contributed by atoms with Gasteiger partial charge in [0.2, 0.25) is 0 Å². The van der Waals surface area contributed by atoms with Gasteiger partial charge in [-0.3, -0.25) is 0 Å². The van der Waals surface area contributed by atoms with Crippen molar-refractivity contribution in [1.82, 2.24) is 9.55 Å². The first-order valence-corrected chi connectivity index (χ1v) is 15.5. The molecular weight excluding hydrogens is 644 g/mol. The molecule has 1 unspecified atom stereocenters. The smallest absolute Gasteiger partial charge is 0.671 e. The molecule has 242 valence electrons. The fourth-order valence-electron chi connectivity index (χ4n) is 5.03. The van der Waals surface area contributed by atoms with Crippen molar-refractivity contribution in [3.8, 4) is 11.1 Å². The van der Waals surface area contributed by atoms with Gasteiger partial charge in [-0.05, 0) is 29.5 Å². The average molecular weight is 696 g/mol. The standard InChI is InChI=1S/C33H34N3.3C2H6N.Zr/c1-22(2)26-18-12-19-27(23(3)4)31(26)34-30(25-16-10-7-11-17-25)33-35-32-28(24-14-8-6-9-15-24)20-13-21-29(32)36(33)5;3*1-3-2;/h6-23,30H,1-5H3;3*1-2H3;/q4*-1;+4. The first-order valence-electron chi connectivity index (χ1n) is 15.5. The molecule has 0 aliphatic rings. The molecule has 6 nitrogen and oxygen atoms in total. The summed E-state index contributed by atoms with van der Waals surface area (Å²) in [6.45, 7) is 8.99. The minimum Gasteiger partial charge on any atom is -0.671 e. The van der Waals surface area contributed by atoms with Gasteiger partial charge in [0.25, 0.3) is 0 Å². The number of rotatable bonds is 7. The van der Waals surface area contributed by atoms with Gasteiger partial charge >= 0.3 is 26.2 Å². The second-order valence-corrected chi connectivity index (χ2v) is 11.4. The van der Waals surface area contributed by atoms with Crippen LogP contribution in [0.5, 0.6) is 0 Å². The topological polar surface area (TPSA) is 74.2 Å². The van der Waals surface area contributed by atoms with Crippen LogP contribution in [0.2, 0.25) is 0 Å². The first-order chi connectivity index (χ1) is 21.7. The van der Waals surface area contributed by atoms with E-state index in [2.05, 4.69) is 152 Å². The second kappa shape index (κ2) is 21.7. The van der Waals surface area contributed by atoms with E-state index in [4.69, 9.17) is 10.3 Å². The number of aromatic nitrogens is 2. The molecule has 0 fully saturated rings. The van der Waals surface area contributed by atoms with E-state index in [0.717, 1.165) is 33.7 Å². The third kappa shape index (κ3) is 11.0. The van der Waals surface area contributed by atoms with E-state index in [1.54, 1.807) is 42.3 Å². The van der Waals surface area contributed by atoms with Crippen LogP contribution in [-0.2, 0) is 33.3 Å². The van der Waals surface area contributed by atoms with E-state index in [1.165, 1.54) is 16.7 Å². The molecule has 46 heavy (non-hydrogen) atoms. The van der Waals surface area contributed by atoms with Crippen molar-refractivity contribution in [2.75, 3.05) is 42.3 Å². The van der Waals surface area contributed by atoms with E-state index < -0.39 is 0 Å². The van der Waals surface area contributed by atoms with Crippen molar-refractivity contribution in [3.63, 3.8) is 0 Å². The van der Waals surface area contributed by atoms with Crippen molar-refractivity contribution in [2.24, 2.45) is 7.05 Å². The molecule has 1 atom stereocenters. The van der Waals surface area contributed by atoms with E-state index in [-0.39, 0.29) is 32.2 Å². The molecule has 0 radical (unpaired) electrons. The quantitative estimate of drug-likeness (QED) is 0.167. The normalized spacial score (nSPS) is 10.9. The van der Waals surface area contributed by atoms with Crippen LogP contribution in [0, 0.1) is 0 Å². The van der Waals surface area contributed by atoms with Crippen molar-refractivity contribution in [2.45, 2.75) is 45.6 Å². The fourth-order valence-corrected chi connectivity index (χ4v) is 5.03. The van der Waals surface area contributed by atoms with E-state index in [9.17, 15) is 0 Å². The summed E-state index contributed by atoms with van der Waals surface area (Å²) < 4.78 is 2.22. The van der Waals surface area contributed by atoms with Gasteiger partial charge in [0.05, 0.1) is 16.9 Å². The summed E-state index contributed by atoms with van der Waals surface area (Å²) in [7, 11) is 12.6. The Labute approximate surface area is 297 Å². The fraction of sp³-hybridized carbons (Fsp3) is 0.359. The van der Waals surface area contributed by atoms with Crippen LogP contribution in [0.3, 0.4) is 0 Å². The number of fused-ring (bicyclic) bond motifs is 1. The number of hydrogen-bond donors (Lipinski definition) is 0. The Kier molecular flexibility index (Phi) is 19.3. The summed E-state index contributed by atoms with van der Waals surface area (Å²) >= 11 is 0. The minimum absolute atomic E-state index is 0. The van der Waals surface area contributed by atoms with Gasteiger partial charge in [0.1, 0.15) is 0 Å². The van der Waals surface area contributed by atoms with E-state index >= 15 is 0 Å². The SMILES string of the molecule is CC(C)c1cccc(C(C)C)c1[N-]C(c1ccccc1)c1nc2c(-c3ccccc3)cccc2n1C.C[N-]C.C[N-]C.C[N-]C.[Zr+4]. The molecule has 0 saturated heterocycles. The Hall–Kier alpha value is -3.09. The van der Waals surface area contributed by atoms with E-state index in [0.29, 0.717) is 11.8 Å². The molecule has 0 spiro atoms. The van der Waals surface area contributed by atoms with Gasteiger partial charge in [0, 0.05) is 12.6 Å². The molecule has 5 rings (SSSR count). The van der Waals surface area contributed by atoms with Gasteiger partial charge in [0.15, 0.2) is 0 Å². The average Bonchev–Trinajstić information content (AvgIpc) is 3.37. The molecule has 0 saturated carbocycles. The molecule has 1 heterocycles. The van der Waals surface area contributed by atoms with Crippen molar-refractivity contribution >= 4 is 16.7 Å². The van der Waals surface area contributed by atoms with Crippen LogP contribution in [0.4, 0.5) is 5.69 Å². The Bertz CT molecular complexity index is 1500. The van der Waals surface area contributed by atoms with Gasteiger partial charge in [-0.25, -0.2) is 4.98 Å². The molecule has 0 aliphatic heterocycles. The predicted octanol–water partition coefficient (Wildman–Crippen LogP) is 11.1. The third-order valence-corrected chi connectivity index (χ3v) is 6.99. The molecule has 4 aromatic carbocycles. The van der Waals surface area contributed by atoms with Gasteiger partial charge in [-0.1, -0.05) is 135 Å². The molecule has 0 amide bonds. The Morgan fingerprint density at radius 2 is 1.04 bits per heavy atom. The zero-order chi connectivity index (χ0) is 33.4. The minimum atomic E-state index is -0.218. The van der Waals surface area contributed by atoms with Crippen LogP contribution in [0.15, 0.2) is 97.1 Å². The monoisotopic (exact) mass is 694 g/mol. The van der Waals surface area contributed by atoms with Gasteiger partial charge in [-0.15, -0.1) is 5.69 Å². The number of para-hydroxylation sites is 2. The Morgan fingerprint density at radius 3 is 1.52 bits per heavy atom. The molecular formula is C39H52N6Zr. The first kappa shape index (κ1) is 40.9. The molecule has 0 aliphatic carbocycles. The number of imidazole rings is 1. The van der Waals surface area contributed by atoms with Gasteiger partial charge < -0.3 is 25.8 Å². The third-order valence-electron chi connectivity index (χ3n) is 6.99. The Balaban J connectivity index is 0.000000952. The number of aryl methyl sites for hydroxylation is 1. The summed E-state index contributed by atoms with van der Waals surface area (Å²) in [6, 6.07) is 33.9. The van der Waals surface area contributed by atoms with Crippen molar-refractivity contribution in [3.05, 3.63) is 141 Å². The number of benzene rings is 4. The maximum atomic E-state index is 5.52. The second-order valence-electron chi connectivity index (χ2n) is 11.4. The predicted molar refractivity (Wildman–Crippen MR) is 198 cm³/mol. The molecule has 5 aromatic rings. The summed E-state index contributed by atoms with van der Waals surface area (Å²) in [5, 5.41) is 16.0. The van der Waals surface area contributed by atoms with Crippen LogP contribution in [0.1, 0.15) is 68.1 Å². The van der Waals surface area contributed by atoms with Crippen LogP contribution >= 0.6 is 0 Å². The van der Waals surface area contributed by atoms with Crippen molar-refractivity contribution < 1.29 is 26.2 Å². The maximum absolute atomic E-state index is 5.52.